The maximum Gasteiger partial charge on any atom is 0.272 e. The van der Waals surface area contributed by atoms with E-state index in [2.05, 4.69) is 15.0 Å². The van der Waals surface area contributed by atoms with Crippen LogP contribution >= 0.6 is 0 Å². The quantitative estimate of drug-likeness (QED) is 0.681. The van der Waals surface area contributed by atoms with Gasteiger partial charge >= 0.3 is 0 Å². The van der Waals surface area contributed by atoms with Crippen LogP contribution in [-0.2, 0) is 17.9 Å². The summed E-state index contributed by atoms with van der Waals surface area (Å²) in [7, 11) is 0.784. The molecule has 0 aromatic carbocycles. The van der Waals surface area contributed by atoms with Gasteiger partial charge in [-0.3, -0.25) is 14.6 Å². The van der Waals surface area contributed by atoms with E-state index in [1.165, 1.54) is 0 Å². The van der Waals surface area contributed by atoms with Crippen molar-refractivity contribution in [3.05, 3.63) is 48.1 Å². The third-order valence-electron chi connectivity index (χ3n) is 3.52. The average molecular weight is 331 g/mol. The Labute approximate surface area is 136 Å². The van der Waals surface area contributed by atoms with Crippen molar-refractivity contribution in [2.45, 2.75) is 10.9 Å². The fraction of sp³-hybridized carbons (Fsp3) is 0.200. The van der Waals surface area contributed by atoms with Gasteiger partial charge in [0.15, 0.2) is 0 Å². The fourth-order valence-corrected chi connectivity index (χ4v) is 3.64. The summed E-state index contributed by atoms with van der Waals surface area (Å²) in [6.07, 6.45) is 8.58. The maximum absolute atomic E-state index is 12.6. The molecule has 1 aliphatic heterocycles. The van der Waals surface area contributed by atoms with Crippen molar-refractivity contribution >= 4 is 28.5 Å². The zero-order valence-electron chi connectivity index (χ0n) is 12.5. The Bertz CT molecular complexity index is 785. The Balaban J connectivity index is 1.98. The maximum atomic E-state index is 12.6. The normalized spacial score (nSPS) is 19.9. The van der Waals surface area contributed by atoms with Crippen LogP contribution in [0.2, 0.25) is 0 Å². The lowest BCUT2D eigenvalue weighted by atomic mass is 10.1. The number of aromatic nitrogens is 2. The summed E-state index contributed by atoms with van der Waals surface area (Å²) in [4.78, 5) is 17.3. The SMILES string of the molecule is Cn1cc2c(c1C(=O)Nc1ccncc1)C=C[C@H](CO)NS2=N. The van der Waals surface area contributed by atoms with Crippen LogP contribution in [0.4, 0.5) is 5.69 Å². The van der Waals surface area contributed by atoms with E-state index in [0.717, 1.165) is 4.90 Å². The van der Waals surface area contributed by atoms with Crippen LogP contribution in [0.15, 0.2) is 41.7 Å². The number of hydrogen-bond acceptors (Lipinski definition) is 4. The zero-order chi connectivity index (χ0) is 16.4. The number of amides is 1. The Morgan fingerprint density at radius 2 is 2.26 bits per heavy atom. The van der Waals surface area contributed by atoms with Crippen LogP contribution in [0.5, 0.6) is 0 Å². The molecule has 0 fully saturated rings. The molecule has 0 saturated heterocycles. The molecular weight excluding hydrogens is 314 g/mol. The number of aryl methyl sites for hydroxylation is 1. The number of carbonyl (C=O) groups excluding carboxylic acids is 1. The number of aliphatic hydroxyl groups is 1. The zero-order valence-corrected chi connectivity index (χ0v) is 13.3. The van der Waals surface area contributed by atoms with Gasteiger partial charge in [0.1, 0.15) is 5.69 Å². The molecular formula is C15H17N5O2S. The Morgan fingerprint density at radius 1 is 1.52 bits per heavy atom. The average Bonchev–Trinajstić information content (AvgIpc) is 2.80. The Morgan fingerprint density at radius 3 is 2.96 bits per heavy atom. The van der Waals surface area contributed by atoms with Gasteiger partial charge in [0.2, 0.25) is 0 Å². The topological polar surface area (TPSA) is 103 Å². The van der Waals surface area contributed by atoms with Gasteiger partial charge in [0, 0.05) is 36.9 Å². The van der Waals surface area contributed by atoms with Crippen molar-refractivity contribution in [2.75, 3.05) is 11.9 Å². The highest BCUT2D eigenvalue weighted by molar-refractivity contribution is 7.84. The first-order valence-electron chi connectivity index (χ1n) is 7.01. The van der Waals surface area contributed by atoms with Gasteiger partial charge in [-0.25, -0.2) is 4.72 Å². The van der Waals surface area contributed by atoms with Gasteiger partial charge < -0.3 is 15.0 Å². The summed E-state index contributed by atoms with van der Waals surface area (Å²) in [5.41, 5.74) is 1.85. The van der Waals surface area contributed by atoms with Gasteiger partial charge in [-0.05, 0) is 23.0 Å². The summed E-state index contributed by atoms with van der Waals surface area (Å²) >= 11 is 0. The van der Waals surface area contributed by atoms with Crippen LogP contribution in [-0.4, -0.2) is 33.2 Å². The van der Waals surface area contributed by atoms with E-state index in [1.807, 2.05) is 0 Å². The van der Waals surface area contributed by atoms with Crippen LogP contribution < -0.4 is 10.0 Å². The first kappa shape index (κ1) is 15.6. The molecule has 3 rings (SSSR count). The van der Waals surface area contributed by atoms with Gasteiger partial charge in [-0.2, -0.15) is 0 Å². The third-order valence-corrected chi connectivity index (χ3v) is 4.82. The first-order valence-corrected chi connectivity index (χ1v) is 8.24. The van der Waals surface area contributed by atoms with Crippen LogP contribution in [0.25, 0.3) is 6.08 Å². The summed E-state index contributed by atoms with van der Waals surface area (Å²) < 4.78 is 13.0. The number of aliphatic hydroxyl groups excluding tert-OH is 1. The Hall–Kier alpha value is -2.29. The molecule has 1 aliphatic rings. The molecule has 0 bridgehead atoms. The van der Waals surface area contributed by atoms with Crippen LogP contribution in [0.3, 0.4) is 0 Å². The lowest BCUT2D eigenvalue weighted by molar-refractivity contribution is 0.101. The monoisotopic (exact) mass is 331 g/mol. The fourth-order valence-electron chi connectivity index (χ4n) is 2.41. The standard InChI is InChI=1S/C15H17N5O2S/c1-20-8-13-12(3-2-11(9-21)19-23(13)16)14(20)15(22)18-10-4-6-17-7-5-10/h2-8,11,21H,9H2,1H3,(H2,16,19)(H,17,18,22)/t11-,23?/m1/s1. The summed E-state index contributed by atoms with van der Waals surface area (Å²) in [5, 5.41) is 12.1. The minimum Gasteiger partial charge on any atom is -0.394 e. The van der Waals surface area contributed by atoms with Crippen LogP contribution in [0, 0.1) is 4.78 Å². The van der Waals surface area contributed by atoms with E-state index >= 15 is 0 Å². The molecule has 4 N–H and O–H groups in total. The van der Waals surface area contributed by atoms with E-state index in [1.54, 1.807) is 54.5 Å². The van der Waals surface area contributed by atoms with E-state index in [0.29, 0.717) is 16.9 Å². The predicted molar refractivity (Wildman–Crippen MR) is 89.0 cm³/mol. The van der Waals surface area contributed by atoms with Crippen molar-refractivity contribution in [3.8, 4) is 0 Å². The molecule has 0 spiro atoms. The van der Waals surface area contributed by atoms with E-state index < -0.39 is 10.9 Å². The van der Waals surface area contributed by atoms with Crippen molar-refractivity contribution < 1.29 is 9.90 Å². The lowest BCUT2D eigenvalue weighted by Gasteiger charge is -2.10. The molecule has 0 aliphatic carbocycles. The second-order valence-electron chi connectivity index (χ2n) is 5.13. The number of pyridine rings is 1. The molecule has 2 aromatic heterocycles. The highest BCUT2D eigenvalue weighted by atomic mass is 32.2. The number of anilines is 1. The second-order valence-corrected chi connectivity index (χ2v) is 6.42. The largest absolute Gasteiger partial charge is 0.394 e. The van der Waals surface area contributed by atoms with Gasteiger partial charge in [0.05, 0.1) is 17.5 Å². The molecule has 0 radical (unpaired) electrons. The molecule has 23 heavy (non-hydrogen) atoms. The molecule has 1 unspecified atom stereocenters. The highest BCUT2D eigenvalue weighted by Gasteiger charge is 2.23. The summed E-state index contributed by atoms with van der Waals surface area (Å²) in [6.45, 7) is -0.0895. The molecule has 2 atom stereocenters. The van der Waals surface area contributed by atoms with Crippen molar-refractivity contribution in [2.24, 2.45) is 7.05 Å². The van der Waals surface area contributed by atoms with Gasteiger partial charge in [-0.15, -0.1) is 0 Å². The molecule has 7 nitrogen and oxygen atoms in total. The smallest absolute Gasteiger partial charge is 0.272 e. The molecule has 3 heterocycles. The molecule has 8 heteroatoms. The first-order chi connectivity index (χ1) is 11.1. The summed E-state index contributed by atoms with van der Waals surface area (Å²) in [5.74, 6) is -0.246. The number of fused-ring (bicyclic) bond motifs is 1. The Kier molecular flexibility index (Phi) is 4.37. The molecule has 2 aromatic rings. The van der Waals surface area contributed by atoms with Crippen molar-refractivity contribution in [3.63, 3.8) is 0 Å². The number of nitrogens with one attached hydrogen (secondary N) is 3. The van der Waals surface area contributed by atoms with Crippen molar-refractivity contribution in [1.82, 2.24) is 14.3 Å². The third kappa shape index (κ3) is 3.09. The van der Waals surface area contributed by atoms with E-state index in [9.17, 15) is 9.90 Å². The minimum absolute atomic E-state index is 0.0895. The summed E-state index contributed by atoms with van der Waals surface area (Å²) in [6, 6.07) is 3.14. The van der Waals surface area contributed by atoms with Gasteiger partial charge in [0.25, 0.3) is 5.91 Å². The lowest BCUT2D eigenvalue weighted by Crippen LogP contribution is -2.30. The number of rotatable bonds is 3. The van der Waals surface area contributed by atoms with Crippen LogP contribution in [0.1, 0.15) is 16.1 Å². The van der Waals surface area contributed by atoms with E-state index in [4.69, 9.17) is 4.78 Å². The highest BCUT2D eigenvalue weighted by Crippen LogP contribution is 2.25. The number of nitrogens with zero attached hydrogens (tertiary/aromatic N) is 2. The minimum atomic E-state index is -0.998. The molecule has 120 valence electrons. The molecule has 0 saturated carbocycles. The number of carbonyl (C=O) groups is 1. The van der Waals surface area contributed by atoms with E-state index in [-0.39, 0.29) is 18.6 Å². The van der Waals surface area contributed by atoms with Gasteiger partial charge in [-0.1, -0.05) is 12.2 Å². The second kappa shape index (κ2) is 6.45. The predicted octanol–water partition coefficient (Wildman–Crippen LogP) is 1.30. The number of hydrogen-bond donors (Lipinski definition) is 4. The molecule has 1 amide bonds. The van der Waals surface area contributed by atoms with Crippen molar-refractivity contribution in [1.29, 1.82) is 4.78 Å².